The van der Waals surface area contributed by atoms with E-state index in [9.17, 15) is 13.9 Å². The van der Waals surface area contributed by atoms with Gasteiger partial charge in [0.15, 0.2) is 5.82 Å². The Balaban J connectivity index is 1.23. The Kier molecular flexibility index (Phi) is 8.45. The Morgan fingerprint density at radius 2 is 1.76 bits per heavy atom. The predicted molar refractivity (Wildman–Crippen MR) is 202 cm³/mol. The summed E-state index contributed by atoms with van der Waals surface area (Å²) in [4.78, 5) is 16.1. The molecule has 1 N–H and O–H groups in total. The SMILES string of the molecule is C#Cc1c(F)ccc2cc(O)cc(-c3c(F)c4nc(OC[C@]5(CN(C)C)CC5(F)F)nc(N5C6CCC5CN(C5CC(COC)C5)C6)c4c4cn(C)nc34)c12. The number of likely N-dealkylation sites (tertiary alicyclic amines) is 1. The molecule has 0 radical (unpaired) electrons. The molecule has 2 aromatic heterocycles. The summed E-state index contributed by atoms with van der Waals surface area (Å²) < 4.78 is 75.8. The van der Waals surface area contributed by atoms with Crippen LogP contribution in [-0.4, -0.2) is 113 Å². The lowest BCUT2D eigenvalue weighted by atomic mass is 9.79. The number of alkyl halides is 2. The van der Waals surface area contributed by atoms with Crippen LogP contribution in [0.15, 0.2) is 30.5 Å². The van der Waals surface area contributed by atoms with Crippen molar-refractivity contribution in [2.24, 2.45) is 18.4 Å². The van der Waals surface area contributed by atoms with E-state index >= 15 is 8.78 Å². The lowest BCUT2D eigenvalue weighted by molar-refractivity contribution is 0.0198. The maximum atomic E-state index is 17.7. The van der Waals surface area contributed by atoms with Gasteiger partial charge in [-0.05, 0) is 74.8 Å². The van der Waals surface area contributed by atoms with E-state index < -0.39 is 23.0 Å². The number of aromatic nitrogens is 4. The molecular weight excluding hydrogens is 714 g/mol. The standard InChI is InChI=1S/C41H43F4N7O3/c1-6-28-31(42)10-7-23-13-27(53)14-29(32(23)28)33-35(43)37-34(30-17-50(4)48-36(30)33)38(47-39(46-37)55-21-40(20-49(2)3)19-41(40,44)45)52-24-8-9-25(52)16-51(15-24)26-11-22(12-26)18-54-5/h1,7,10,13-14,17,22,24-26,53H,8-9,11-12,15-16,18-21H2,2-5H3/t22?,24?,25?,26?,40-/m1/s1. The molecule has 4 heterocycles. The maximum Gasteiger partial charge on any atom is 0.319 e. The summed E-state index contributed by atoms with van der Waals surface area (Å²) in [5.41, 5.74) is -1.28. The van der Waals surface area contributed by atoms with Crippen LogP contribution in [0.2, 0.25) is 0 Å². The first kappa shape index (κ1) is 36.0. The van der Waals surface area contributed by atoms with Crippen molar-refractivity contribution < 1.29 is 32.1 Å². The molecule has 10 nitrogen and oxygen atoms in total. The van der Waals surface area contributed by atoms with Gasteiger partial charge in [-0.2, -0.15) is 15.1 Å². The second kappa shape index (κ2) is 12.9. The van der Waals surface area contributed by atoms with Crippen LogP contribution < -0.4 is 9.64 Å². The van der Waals surface area contributed by atoms with Gasteiger partial charge in [0.2, 0.25) is 0 Å². The maximum absolute atomic E-state index is 17.7. The minimum Gasteiger partial charge on any atom is -0.508 e. The van der Waals surface area contributed by atoms with Crippen LogP contribution in [0.1, 0.15) is 37.7 Å². The average Bonchev–Trinajstić information content (AvgIpc) is 3.30. The number of fused-ring (bicyclic) bond motifs is 6. The van der Waals surface area contributed by atoms with E-state index in [0.29, 0.717) is 33.9 Å². The Hall–Kier alpha value is -4.71. The Bertz CT molecular complexity index is 2390. The fraction of sp³-hybridized carbons (Fsp3) is 0.488. The number of ether oxygens (including phenoxy) is 2. The lowest BCUT2D eigenvalue weighted by Crippen LogP contribution is -2.59. The van der Waals surface area contributed by atoms with Crippen molar-refractivity contribution in [3.05, 3.63) is 47.7 Å². The second-order valence-corrected chi connectivity index (χ2v) is 16.3. The third-order valence-electron chi connectivity index (χ3n) is 12.3. The quantitative estimate of drug-likeness (QED) is 0.129. The van der Waals surface area contributed by atoms with Crippen LogP contribution in [0.25, 0.3) is 43.7 Å². The molecule has 2 saturated carbocycles. The number of terminal acetylenes is 1. The summed E-state index contributed by atoms with van der Waals surface area (Å²) >= 11 is 0. The van der Waals surface area contributed by atoms with Crippen LogP contribution in [-0.2, 0) is 11.8 Å². The highest BCUT2D eigenvalue weighted by Crippen LogP contribution is 2.61. The van der Waals surface area contributed by atoms with Gasteiger partial charge in [-0.15, -0.1) is 6.42 Å². The molecular formula is C41H43F4N7O3. The van der Waals surface area contributed by atoms with Gasteiger partial charge in [0, 0.05) is 87.5 Å². The largest absolute Gasteiger partial charge is 0.508 e. The number of anilines is 1. The molecule has 14 heteroatoms. The summed E-state index contributed by atoms with van der Waals surface area (Å²) in [7, 11) is 6.92. The number of phenols is 1. The van der Waals surface area contributed by atoms with Crippen LogP contribution in [0, 0.1) is 35.3 Å². The zero-order chi connectivity index (χ0) is 38.6. The lowest BCUT2D eigenvalue weighted by Gasteiger charge is -2.49. The Morgan fingerprint density at radius 1 is 1.04 bits per heavy atom. The number of nitrogens with zero attached hydrogens (tertiary/aromatic N) is 7. The molecule has 0 spiro atoms. The van der Waals surface area contributed by atoms with Gasteiger partial charge < -0.3 is 24.4 Å². The van der Waals surface area contributed by atoms with Crippen molar-refractivity contribution in [2.75, 3.05) is 59.0 Å². The van der Waals surface area contributed by atoms with Crippen molar-refractivity contribution >= 4 is 38.4 Å². The first-order chi connectivity index (χ1) is 26.3. The molecule has 2 saturated heterocycles. The van der Waals surface area contributed by atoms with Crippen LogP contribution in [0.4, 0.5) is 23.4 Å². The zero-order valence-electron chi connectivity index (χ0n) is 31.3. The van der Waals surface area contributed by atoms with Crippen LogP contribution >= 0.6 is 0 Å². The molecule has 2 aliphatic heterocycles. The van der Waals surface area contributed by atoms with E-state index in [1.165, 1.54) is 24.3 Å². The highest BCUT2D eigenvalue weighted by atomic mass is 19.3. The predicted octanol–water partition coefficient (Wildman–Crippen LogP) is 6.35. The number of phenolic OH excluding ortho intramolecular Hbond substituents is 1. The number of aromatic hydroxyl groups is 1. The van der Waals surface area contributed by atoms with Crippen molar-refractivity contribution in [2.45, 2.75) is 56.2 Å². The topological polar surface area (TPSA) is 92.0 Å². The molecule has 3 atom stereocenters. The number of halogens is 4. The van der Waals surface area contributed by atoms with Crippen LogP contribution in [0.5, 0.6) is 11.8 Å². The van der Waals surface area contributed by atoms with Gasteiger partial charge in [0.05, 0.1) is 16.4 Å². The molecule has 9 rings (SSSR count). The monoisotopic (exact) mass is 757 g/mol. The first-order valence-electron chi connectivity index (χ1n) is 18.8. The number of piperazine rings is 1. The fourth-order valence-corrected chi connectivity index (χ4v) is 9.69. The summed E-state index contributed by atoms with van der Waals surface area (Å²) in [5, 5.41) is 17.2. The summed E-state index contributed by atoms with van der Waals surface area (Å²) in [6, 6.07) is 5.85. The normalized spacial score (nSPS) is 25.9. The highest BCUT2D eigenvalue weighted by molar-refractivity contribution is 6.18. The molecule has 55 heavy (non-hydrogen) atoms. The molecule has 3 aromatic carbocycles. The van der Waals surface area contributed by atoms with E-state index in [0.717, 1.165) is 45.4 Å². The van der Waals surface area contributed by atoms with E-state index in [1.807, 2.05) is 0 Å². The molecule has 4 fully saturated rings. The minimum absolute atomic E-state index is 0.0390. The number of hydrogen-bond donors (Lipinski definition) is 1. The third kappa shape index (κ3) is 5.76. The van der Waals surface area contributed by atoms with E-state index in [-0.39, 0.29) is 76.5 Å². The molecule has 5 aromatic rings. The Labute approximate surface area is 316 Å². The number of benzene rings is 3. The van der Waals surface area contributed by atoms with E-state index in [2.05, 4.69) is 20.7 Å². The molecule has 2 bridgehead atoms. The van der Waals surface area contributed by atoms with Gasteiger partial charge in [-0.3, -0.25) is 9.58 Å². The van der Waals surface area contributed by atoms with Gasteiger partial charge in [-0.1, -0.05) is 12.0 Å². The summed E-state index contributed by atoms with van der Waals surface area (Å²) in [6.45, 7) is 2.08. The van der Waals surface area contributed by atoms with E-state index in [1.54, 1.807) is 44.0 Å². The summed E-state index contributed by atoms with van der Waals surface area (Å²) in [5.74, 6) is -1.17. The second-order valence-electron chi connectivity index (χ2n) is 16.3. The number of methoxy groups -OCH3 is 1. The number of hydrogen-bond acceptors (Lipinski definition) is 9. The average molecular weight is 758 g/mol. The fourth-order valence-electron chi connectivity index (χ4n) is 9.69. The van der Waals surface area contributed by atoms with Crippen molar-refractivity contribution in [3.8, 4) is 35.2 Å². The van der Waals surface area contributed by atoms with E-state index in [4.69, 9.17) is 26.0 Å². The smallest absolute Gasteiger partial charge is 0.319 e. The van der Waals surface area contributed by atoms with Crippen molar-refractivity contribution in [1.29, 1.82) is 0 Å². The molecule has 4 aliphatic rings. The third-order valence-corrected chi connectivity index (χ3v) is 12.3. The van der Waals surface area contributed by atoms with Gasteiger partial charge in [0.25, 0.3) is 5.92 Å². The first-order valence-corrected chi connectivity index (χ1v) is 18.8. The molecule has 0 amide bonds. The summed E-state index contributed by atoms with van der Waals surface area (Å²) in [6.07, 6.45) is 11.2. The minimum atomic E-state index is -2.93. The number of aryl methyl sites for hydroxylation is 1. The van der Waals surface area contributed by atoms with Gasteiger partial charge >= 0.3 is 6.01 Å². The van der Waals surface area contributed by atoms with Gasteiger partial charge in [0.1, 0.15) is 35.0 Å². The van der Waals surface area contributed by atoms with Crippen LogP contribution in [0.3, 0.4) is 0 Å². The molecule has 2 aliphatic carbocycles. The van der Waals surface area contributed by atoms with Crippen molar-refractivity contribution in [3.63, 3.8) is 0 Å². The van der Waals surface area contributed by atoms with Crippen molar-refractivity contribution in [1.82, 2.24) is 29.5 Å². The Morgan fingerprint density at radius 3 is 2.42 bits per heavy atom. The zero-order valence-corrected chi connectivity index (χ0v) is 31.3. The molecule has 288 valence electrons. The highest BCUT2D eigenvalue weighted by Gasteiger charge is 2.71. The number of rotatable bonds is 10. The molecule has 2 unspecified atom stereocenters. The van der Waals surface area contributed by atoms with Gasteiger partial charge in [-0.25, -0.2) is 17.6 Å².